The molecule has 120 valence electrons. The predicted octanol–water partition coefficient (Wildman–Crippen LogP) is 1.93. The lowest BCUT2D eigenvalue weighted by molar-refractivity contribution is -0.140. The van der Waals surface area contributed by atoms with Crippen molar-refractivity contribution in [1.82, 2.24) is 5.32 Å². The van der Waals surface area contributed by atoms with E-state index in [-0.39, 0.29) is 0 Å². The fraction of sp³-hybridized carbons (Fsp3) is 0.611. The number of amides is 1. The number of rotatable bonds is 5. The summed E-state index contributed by atoms with van der Waals surface area (Å²) in [4.78, 5) is 11.3. The van der Waals surface area contributed by atoms with Crippen LogP contribution in [0.25, 0.3) is 0 Å². The first-order valence-electron chi connectivity index (χ1n) is 8.33. The van der Waals surface area contributed by atoms with Crippen molar-refractivity contribution in [3.63, 3.8) is 0 Å². The van der Waals surface area contributed by atoms with E-state index in [2.05, 4.69) is 42.6 Å². The fourth-order valence-electron chi connectivity index (χ4n) is 3.79. The largest absolute Gasteiger partial charge is 0.380 e. The van der Waals surface area contributed by atoms with Gasteiger partial charge in [0, 0.05) is 18.0 Å². The van der Waals surface area contributed by atoms with E-state index >= 15 is 0 Å². The maximum Gasteiger partial charge on any atom is 0.249 e. The topological polar surface area (TPSA) is 75.3 Å². The molecule has 3 rings (SSSR count). The molecule has 0 radical (unpaired) electrons. The van der Waals surface area contributed by atoms with Crippen molar-refractivity contribution in [3.8, 4) is 0 Å². The zero-order valence-corrected chi connectivity index (χ0v) is 13.2. The minimum atomic E-state index is -1.28. The lowest BCUT2D eigenvalue weighted by atomic mass is 9.76. The molecule has 0 spiro atoms. The van der Waals surface area contributed by atoms with E-state index < -0.39 is 11.5 Å². The molecular weight excluding hydrogens is 276 g/mol. The Bertz CT molecular complexity index is 523. The zero-order valence-electron chi connectivity index (χ0n) is 13.2. The van der Waals surface area contributed by atoms with Gasteiger partial charge in [0.25, 0.3) is 0 Å². The van der Waals surface area contributed by atoms with Gasteiger partial charge in [-0.15, -0.1) is 0 Å². The van der Waals surface area contributed by atoms with Gasteiger partial charge in [0.1, 0.15) is 5.60 Å². The van der Waals surface area contributed by atoms with Crippen LogP contribution in [0.3, 0.4) is 0 Å². The number of primary amides is 1. The molecule has 1 aromatic rings. The average Bonchev–Trinajstić information content (AvgIpc) is 3.28. The SMILES string of the molecule is C[C@H](NC1CC1c1ccccc1)C1CCC(O)(C(N)=O)CC1. The lowest BCUT2D eigenvalue weighted by Gasteiger charge is -2.36. The fourth-order valence-corrected chi connectivity index (χ4v) is 3.79. The molecule has 0 saturated heterocycles. The summed E-state index contributed by atoms with van der Waals surface area (Å²) < 4.78 is 0. The molecule has 1 aromatic carbocycles. The van der Waals surface area contributed by atoms with Gasteiger partial charge in [0.15, 0.2) is 0 Å². The molecule has 0 aliphatic heterocycles. The number of benzene rings is 1. The molecule has 4 nitrogen and oxygen atoms in total. The quantitative estimate of drug-likeness (QED) is 0.778. The monoisotopic (exact) mass is 302 g/mol. The highest BCUT2D eigenvalue weighted by atomic mass is 16.3. The van der Waals surface area contributed by atoms with Crippen molar-refractivity contribution in [1.29, 1.82) is 0 Å². The summed E-state index contributed by atoms with van der Waals surface area (Å²) in [6.45, 7) is 2.22. The minimum Gasteiger partial charge on any atom is -0.380 e. The van der Waals surface area contributed by atoms with E-state index in [0.717, 1.165) is 12.8 Å². The smallest absolute Gasteiger partial charge is 0.249 e. The Morgan fingerprint density at radius 1 is 1.32 bits per heavy atom. The Balaban J connectivity index is 1.48. The van der Waals surface area contributed by atoms with Crippen molar-refractivity contribution in [2.75, 3.05) is 0 Å². The minimum absolute atomic E-state index is 0.413. The Hall–Kier alpha value is -1.39. The van der Waals surface area contributed by atoms with Crippen molar-refractivity contribution in [2.45, 2.75) is 62.6 Å². The van der Waals surface area contributed by atoms with Gasteiger partial charge in [-0.1, -0.05) is 30.3 Å². The number of nitrogens with two attached hydrogens (primary N) is 1. The molecule has 2 unspecified atom stereocenters. The van der Waals surface area contributed by atoms with Crippen molar-refractivity contribution < 1.29 is 9.90 Å². The normalized spacial score (nSPS) is 35.8. The predicted molar refractivity (Wildman–Crippen MR) is 86.3 cm³/mol. The summed E-state index contributed by atoms with van der Waals surface area (Å²) in [6, 6.07) is 11.6. The van der Waals surface area contributed by atoms with Crippen LogP contribution in [0.4, 0.5) is 0 Å². The molecule has 0 aromatic heterocycles. The van der Waals surface area contributed by atoms with Crippen LogP contribution in [-0.4, -0.2) is 28.7 Å². The van der Waals surface area contributed by atoms with Gasteiger partial charge in [0.2, 0.25) is 5.91 Å². The van der Waals surface area contributed by atoms with Crippen LogP contribution in [0.15, 0.2) is 30.3 Å². The van der Waals surface area contributed by atoms with E-state index in [1.54, 1.807) is 0 Å². The number of carbonyl (C=O) groups is 1. The molecule has 3 atom stereocenters. The van der Waals surface area contributed by atoms with Gasteiger partial charge in [-0.2, -0.15) is 0 Å². The second-order valence-electron chi connectivity index (χ2n) is 7.05. The van der Waals surface area contributed by atoms with Gasteiger partial charge < -0.3 is 16.2 Å². The molecule has 2 fully saturated rings. The van der Waals surface area contributed by atoms with E-state index in [9.17, 15) is 9.90 Å². The molecule has 2 aliphatic carbocycles. The average molecular weight is 302 g/mol. The second-order valence-corrected chi connectivity index (χ2v) is 7.05. The molecule has 4 N–H and O–H groups in total. The van der Waals surface area contributed by atoms with Gasteiger partial charge in [0.05, 0.1) is 0 Å². The maximum absolute atomic E-state index is 11.3. The lowest BCUT2D eigenvalue weighted by Crippen LogP contribution is -2.49. The van der Waals surface area contributed by atoms with Crippen LogP contribution in [0.1, 0.15) is 50.5 Å². The summed E-state index contributed by atoms with van der Waals surface area (Å²) in [5, 5.41) is 13.9. The van der Waals surface area contributed by atoms with Crippen LogP contribution < -0.4 is 11.1 Å². The number of carbonyl (C=O) groups excluding carboxylic acids is 1. The summed E-state index contributed by atoms with van der Waals surface area (Å²) in [5.74, 6) is 0.573. The Kier molecular flexibility index (Phi) is 4.24. The van der Waals surface area contributed by atoms with Crippen LogP contribution in [0, 0.1) is 5.92 Å². The Labute approximate surface area is 132 Å². The van der Waals surface area contributed by atoms with E-state index in [4.69, 9.17) is 5.73 Å². The third-order valence-corrected chi connectivity index (χ3v) is 5.52. The first kappa shape index (κ1) is 15.5. The van der Waals surface area contributed by atoms with Gasteiger partial charge in [-0.3, -0.25) is 4.79 Å². The summed E-state index contributed by atoms with van der Waals surface area (Å²) in [6.07, 6.45) is 3.90. The maximum atomic E-state index is 11.3. The summed E-state index contributed by atoms with van der Waals surface area (Å²) >= 11 is 0. The van der Waals surface area contributed by atoms with Crippen LogP contribution in [0.5, 0.6) is 0 Å². The number of aliphatic hydroxyl groups is 1. The highest BCUT2D eigenvalue weighted by Crippen LogP contribution is 2.42. The van der Waals surface area contributed by atoms with Gasteiger partial charge in [-0.05, 0) is 50.5 Å². The number of hydrogen-bond acceptors (Lipinski definition) is 3. The molecule has 2 saturated carbocycles. The van der Waals surface area contributed by atoms with Crippen LogP contribution in [-0.2, 0) is 4.79 Å². The third kappa shape index (κ3) is 3.18. The van der Waals surface area contributed by atoms with E-state index in [1.165, 1.54) is 12.0 Å². The Morgan fingerprint density at radius 2 is 1.95 bits per heavy atom. The Morgan fingerprint density at radius 3 is 2.55 bits per heavy atom. The van der Waals surface area contributed by atoms with E-state index in [1.807, 2.05) is 0 Å². The van der Waals surface area contributed by atoms with Crippen molar-refractivity contribution in [3.05, 3.63) is 35.9 Å². The van der Waals surface area contributed by atoms with Crippen molar-refractivity contribution in [2.24, 2.45) is 11.7 Å². The second kappa shape index (κ2) is 6.01. The number of hydrogen-bond donors (Lipinski definition) is 3. The molecule has 4 heteroatoms. The molecule has 0 heterocycles. The first-order chi connectivity index (χ1) is 10.5. The third-order valence-electron chi connectivity index (χ3n) is 5.52. The highest BCUT2D eigenvalue weighted by Gasteiger charge is 2.42. The molecule has 2 aliphatic rings. The van der Waals surface area contributed by atoms with Crippen LogP contribution >= 0.6 is 0 Å². The highest BCUT2D eigenvalue weighted by molar-refractivity contribution is 5.83. The number of nitrogens with one attached hydrogen (secondary N) is 1. The zero-order chi connectivity index (χ0) is 15.7. The summed E-state index contributed by atoms with van der Waals surface area (Å²) in [7, 11) is 0. The molecule has 1 amide bonds. The molecule has 22 heavy (non-hydrogen) atoms. The van der Waals surface area contributed by atoms with Crippen LogP contribution in [0.2, 0.25) is 0 Å². The molecule has 0 bridgehead atoms. The van der Waals surface area contributed by atoms with Crippen molar-refractivity contribution >= 4 is 5.91 Å². The van der Waals surface area contributed by atoms with E-state index in [0.29, 0.717) is 36.8 Å². The standard InChI is InChI=1S/C18H26N2O2/c1-12(13-7-9-18(22,10-8-13)17(19)21)20-16-11-15(16)14-5-3-2-4-6-14/h2-6,12-13,15-16,20,22H,7-11H2,1H3,(H2,19,21)/t12-,13?,15?,16?,18?/m0/s1. The first-order valence-corrected chi connectivity index (χ1v) is 8.33. The van der Waals surface area contributed by atoms with Gasteiger partial charge >= 0.3 is 0 Å². The summed E-state index contributed by atoms with van der Waals surface area (Å²) in [5.41, 5.74) is 5.43. The molecular formula is C18H26N2O2. The van der Waals surface area contributed by atoms with Gasteiger partial charge in [-0.25, -0.2) is 0 Å².